The molecule has 0 aliphatic rings. The molecule has 11 heavy (non-hydrogen) atoms. The van der Waals surface area contributed by atoms with Gasteiger partial charge < -0.3 is 4.74 Å². The van der Waals surface area contributed by atoms with E-state index in [1.807, 2.05) is 6.92 Å². The van der Waals surface area contributed by atoms with Crippen molar-refractivity contribution in [2.75, 3.05) is 6.61 Å². The largest absolute Gasteiger partial charge is 0.466 e. The molecule has 0 aliphatic carbocycles. The molecule has 0 saturated heterocycles. The van der Waals surface area contributed by atoms with Crippen LogP contribution in [0.15, 0.2) is 0 Å². The van der Waals surface area contributed by atoms with E-state index in [9.17, 15) is 9.18 Å². The van der Waals surface area contributed by atoms with E-state index in [0.717, 1.165) is 6.42 Å². The number of halogens is 1. The maximum atomic E-state index is 12.7. The zero-order valence-electron chi connectivity index (χ0n) is 7.10. The molecule has 0 rings (SSSR count). The van der Waals surface area contributed by atoms with E-state index in [-0.39, 0.29) is 12.6 Å². The van der Waals surface area contributed by atoms with E-state index in [1.165, 1.54) is 6.92 Å². The Morgan fingerprint density at radius 2 is 2.18 bits per heavy atom. The number of ether oxygens (including phenoxy) is 1. The fourth-order valence-corrected chi connectivity index (χ4v) is 0.788. The van der Waals surface area contributed by atoms with Crippen molar-refractivity contribution >= 4 is 5.97 Å². The number of alkyl halides is 1. The zero-order chi connectivity index (χ0) is 8.69. The van der Waals surface area contributed by atoms with Crippen molar-refractivity contribution in [2.24, 2.45) is 0 Å². The molecule has 0 amide bonds. The highest BCUT2D eigenvalue weighted by atomic mass is 19.1. The maximum Gasteiger partial charge on any atom is 0.302 e. The van der Waals surface area contributed by atoms with Gasteiger partial charge in [-0.25, -0.2) is 4.39 Å². The van der Waals surface area contributed by atoms with Crippen molar-refractivity contribution in [1.29, 1.82) is 0 Å². The van der Waals surface area contributed by atoms with Gasteiger partial charge in [-0.05, 0) is 6.42 Å². The number of hydrogen-bond donors (Lipinski definition) is 0. The second-order valence-corrected chi connectivity index (χ2v) is 2.51. The normalized spacial score (nSPS) is 12.6. The highest BCUT2D eigenvalue weighted by molar-refractivity contribution is 5.65. The lowest BCUT2D eigenvalue weighted by molar-refractivity contribution is -0.141. The number of rotatable bonds is 5. The molecule has 2 nitrogen and oxygen atoms in total. The van der Waals surface area contributed by atoms with Crippen molar-refractivity contribution in [3.63, 3.8) is 0 Å². The Hall–Kier alpha value is -0.600. The third kappa shape index (κ3) is 7.30. The van der Waals surface area contributed by atoms with E-state index in [2.05, 4.69) is 4.74 Å². The van der Waals surface area contributed by atoms with Crippen LogP contribution in [-0.4, -0.2) is 18.7 Å². The van der Waals surface area contributed by atoms with Crippen molar-refractivity contribution in [1.82, 2.24) is 0 Å². The summed E-state index contributed by atoms with van der Waals surface area (Å²) in [5.74, 6) is -0.339. The molecule has 0 fully saturated rings. The number of carbonyl (C=O) groups is 1. The summed E-state index contributed by atoms with van der Waals surface area (Å²) >= 11 is 0. The number of hydrogen-bond acceptors (Lipinski definition) is 2. The molecule has 0 bridgehead atoms. The summed E-state index contributed by atoms with van der Waals surface area (Å²) in [6.07, 6.45) is 0.898. The lowest BCUT2D eigenvalue weighted by Gasteiger charge is -2.05. The quantitative estimate of drug-likeness (QED) is 0.578. The molecule has 0 aliphatic heterocycles. The number of esters is 1. The molecule has 1 atom stereocenters. The standard InChI is InChI=1S/C8H15FO2/c1-3-4-8(9)5-6-11-7(2)10/h8H,3-6H2,1-2H3. The van der Waals surface area contributed by atoms with E-state index in [1.54, 1.807) is 0 Å². The second-order valence-electron chi connectivity index (χ2n) is 2.51. The van der Waals surface area contributed by atoms with Crippen LogP contribution in [-0.2, 0) is 9.53 Å². The van der Waals surface area contributed by atoms with Crippen molar-refractivity contribution in [2.45, 2.75) is 39.3 Å². The van der Waals surface area contributed by atoms with Gasteiger partial charge in [-0.3, -0.25) is 4.79 Å². The van der Waals surface area contributed by atoms with Gasteiger partial charge in [-0.15, -0.1) is 0 Å². The molecular weight excluding hydrogens is 147 g/mol. The van der Waals surface area contributed by atoms with Gasteiger partial charge in [0.2, 0.25) is 0 Å². The minimum absolute atomic E-state index is 0.205. The molecule has 1 unspecified atom stereocenters. The Balaban J connectivity index is 3.16. The number of carbonyl (C=O) groups excluding carboxylic acids is 1. The Morgan fingerprint density at radius 3 is 2.64 bits per heavy atom. The fraction of sp³-hybridized carbons (Fsp3) is 0.875. The van der Waals surface area contributed by atoms with Crippen LogP contribution in [0.1, 0.15) is 33.1 Å². The molecule has 0 aromatic rings. The van der Waals surface area contributed by atoms with E-state index < -0.39 is 6.17 Å². The summed E-state index contributed by atoms with van der Waals surface area (Å²) in [5, 5.41) is 0. The van der Waals surface area contributed by atoms with Crippen LogP contribution in [0.4, 0.5) is 4.39 Å². The van der Waals surface area contributed by atoms with Gasteiger partial charge in [0, 0.05) is 13.3 Å². The van der Waals surface area contributed by atoms with Crippen molar-refractivity contribution in [3.05, 3.63) is 0 Å². The summed E-state index contributed by atoms with van der Waals surface area (Å²) in [6.45, 7) is 3.46. The molecular formula is C8H15FO2. The predicted octanol–water partition coefficient (Wildman–Crippen LogP) is 2.08. The van der Waals surface area contributed by atoms with Gasteiger partial charge in [-0.2, -0.15) is 0 Å². The van der Waals surface area contributed by atoms with Crippen molar-refractivity contribution in [3.8, 4) is 0 Å². The van der Waals surface area contributed by atoms with Crippen molar-refractivity contribution < 1.29 is 13.9 Å². The molecule has 0 spiro atoms. The molecule has 0 N–H and O–H groups in total. The summed E-state index contributed by atoms with van der Waals surface area (Å²) in [7, 11) is 0. The second kappa shape index (κ2) is 6.13. The first kappa shape index (κ1) is 10.4. The van der Waals surface area contributed by atoms with Gasteiger partial charge in [0.15, 0.2) is 0 Å². The smallest absolute Gasteiger partial charge is 0.302 e. The summed E-state index contributed by atoms with van der Waals surface area (Å²) in [6, 6.07) is 0. The van der Waals surface area contributed by atoms with Crippen LogP contribution < -0.4 is 0 Å². The molecule has 0 aromatic heterocycles. The lowest BCUT2D eigenvalue weighted by Crippen LogP contribution is -2.07. The molecule has 66 valence electrons. The van der Waals surface area contributed by atoms with Gasteiger partial charge in [-0.1, -0.05) is 13.3 Å². The Kier molecular flexibility index (Phi) is 5.80. The highest BCUT2D eigenvalue weighted by Gasteiger charge is 2.04. The first-order valence-electron chi connectivity index (χ1n) is 3.94. The molecule has 0 radical (unpaired) electrons. The van der Waals surface area contributed by atoms with Gasteiger partial charge >= 0.3 is 5.97 Å². The summed E-state index contributed by atoms with van der Waals surface area (Å²) < 4.78 is 17.2. The van der Waals surface area contributed by atoms with E-state index in [0.29, 0.717) is 12.8 Å². The van der Waals surface area contributed by atoms with Crippen LogP contribution in [0.3, 0.4) is 0 Å². The minimum Gasteiger partial charge on any atom is -0.466 e. The minimum atomic E-state index is -0.820. The Bertz CT molecular complexity index is 115. The van der Waals surface area contributed by atoms with Crippen LogP contribution >= 0.6 is 0 Å². The monoisotopic (exact) mass is 162 g/mol. The first-order valence-corrected chi connectivity index (χ1v) is 3.94. The third-order valence-corrected chi connectivity index (χ3v) is 1.34. The SMILES string of the molecule is CCCC(F)CCOC(C)=O. The van der Waals surface area contributed by atoms with Gasteiger partial charge in [0.05, 0.1) is 6.61 Å². The average molecular weight is 162 g/mol. The molecule has 0 heterocycles. The van der Waals surface area contributed by atoms with Crippen LogP contribution in [0.2, 0.25) is 0 Å². The first-order chi connectivity index (χ1) is 5.16. The zero-order valence-corrected chi connectivity index (χ0v) is 7.10. The van der Waals surface area contributed by atoms with Gasteiger partial charge in [0.25, 0.3) is 0 Å². The van der Waals surface area contributed by atoms with Crippen LogP contribution in [0.25, 0.3) is 0 Å². The predicted molar refractivity (Wildman–Crippen MR) is 41.1 cm³/mol. The maximum absolute atomic E-state index is 12.7. The lowest BCUT2D eigenvalue weighted by atomic mass is 10.2. The van der Waals surface area contributed by atoms with Crippen LogP contribution in [0.5, 0.6) is 0 Å². The average Bonchev–Trinajstić information content (AvgIpc) is 1.87. The Labute approximate surface area is 66.7 Å². The molecule has 0 saturated carbocycles. The topological polar surface area (TPSA) is 26.3 Å². The summed E-state index contributed by atoms with van der Waals surface area (Å²) in [4.78, 5) is 10.2. The highest BCUT2D eigenvalue weighted by Crippen LogP contribution is 2.05. The summed E-state index contributed by atoms with van der Waals surface area (Å²) in [5.41, 5.74) is 0. The molecule has 3 heteroatoms. The fourth-order valence-electron chi connectivity index (χ4n) is 0.788. The molecule has 0 aromatic carbocycles. The van der Waals surface area contributed by atoms with E-state index >= 15 is 0 Å². The van der Waals surface area contributed by atoms with E-state index in [4.69, 9.17) is 0 Å². The van der Waals surface area contributed by atoms with Crippen LogP contribution in [0, 0.1) is 0 Å². The van der Waals surface area contributed by atoms with Gasteiger partial charge in [0.1, 0.15) is 6.17 Å². The Morgan fingerprint density at radius 1 is 1.55 bits per heavy atom. The third-order valence-electron chi connectivity index (χ3n) is 1.34.